The first-order chi connectivity index (χ1) is 11.6. The maximum atomic E-state index is 13.7. The minimum Gasteiger partial charge on any atom is -0.451 e. The van der Waals surface area contributed by atoms with E-state index >= 15 is 0 Å². The van der Waals surface area contributed by atoms with Crippen molar-refractivity contribution in [1.82, 2.24) is 29.1 Å². The molecule has 0 N–H and O–H groups in total. The number of rotatable bonds is 3. The molecule has 0 aliphatic carbocycles. The van der Waals surface area contributed by atoms with E-state index in [-0.39, 0.29) is 22.5 Å². The number of pyridine rings is 1. The Hall–Kier alpha value is -2.62. The van der Waals surface area contributed by atoms with E-state index in [2.05, 4.69) is 36.0 Å². The SMILES string of the molecule is Cn1c(Br)nc2ncc(Oc3cnn4ccncc34)c(C(F)F)c21. The Morgan fingerprint density at radius 3 is 2.83 bits per heavy atom. The summed E-state index contributed by atoms with van der Waals surface area (Å²) in [6.45, 7) is 0. The highest BCUT2D eigenvalue weighted by Gasteiger charge is 2.24. The monoisotopic (exact) mass is 394 g/mol. The summed E-state index contributed by atoms with van der Waals surface area (Å²) >= 11 is 3.21. The Balaban J connectivity index is 1.90. The first-order valence-electron chi connectivity index (χ1n) is 6.80. The summed E-state index contributed by atoms with van der Waals surface area (Å²) in [7, 11) is 1.62. The molecule has 24 heavy (non-hydrogen) atoms. The zero-order chi connectivity index (χ0) is 16.8. The topological polar surface area (TPSA) is 70.1 Å². The fourth-order valence-corrected chi connectivity index (χ4v) is 2.80. The molecule has 4 rings (SSSR count). The van der Waals surface area contributed by atoms with Crippen LogP contribution in [0.2, 0.25) is 0 Å². The van der Waals surface area contributed by atoms with Gasteiger partial charge in [-0.3, -0.25) is 4.98 Å². The number of imidazole rings is 1. The first-order valence-corrected chi connectivity index (χ1v) is 7.59. The van der Waals surface area contributed by atoms with E-state index in [0.29, 0.717) is 16.0 Å². The van der Waals surface area contributed by atoms with Crippen LogP contribution in [0.4, 0.5) is 8.78 Å². The van der Waals surface area contributed by atoms with E-state index < -0.39 is 6.43 Å². The maximum Gasteiger partial charge on any atom is 0.269 e. The molecule has 4 aromatic rings. The van der Waals surface area contributed by atoms with Crippen molar-refractivity contribution in [2.45, 2.75) is 6.43 Å². The van der Waals surface area contributed by atoms with E-state index in [0.717, 1.165) is 0 Å². The molecular formula is C14H9BrF2N6O. The molecule has 0 amide bonds. The van der Waals surface area contributed by atoms with Crippen LogP contribution >= 0.6 is 15.9 Å². The fourth-order valence-electron chi connectivity index (χ4n) is 2.46. The third-order valence-electron chi connectivity index (χ3n) is 3.57. The molecule has 0 saturated carbocycles. The van der Waals surface area contributed by atoms with Crippen LogP contribution in [-0.2, 0) is 7.05 Å². The lowest BCUT2D eigenvalue weighted by Gasteiger charge is -2.11. The van der Waals surface area contributed by atoms with Crippen LogP contribution in [0.3, 0.4) is 0 Å². The number of alkyl halides is 2. The van der Waals surface area contributed by atoms with Gasteiger partial charge in [-0.15, -0.1) is 0 Å². The van der Waals surface area contributed by atoms with Crippen LogP contribution in [0.15, 0.2) is 35.7 Å². The Morgan fingerprint density at radius 1 is 1.21 bits per heavy atom. The largest absolute Gasteiger partial charge is 0.451 e. The lowest BCUT2D eigenvalue weighted by molar-refractivity contribution is 0.149. The molecule has 4 aromatic heterocycles. The van der Waals surface area contributed by atoms with Crippen LogP contribution in [0.25, 0.3) is 16.7 Å². The van der Waals surface area contributed by atoms with Crippen LogP contribution in [0, 0.1) is 0 Å². The average molecular weight is 395 g/mol. The number of fused-ring (bicyclic) bond motifs is 2. The van der Waals surface area contributed by atoms with E-state index in [1.807, 2.05) is 0 Å². The zero-order valence-electron chi connectivity index (χ0n) is 12.2. The van der Waals surface area contributed by atoms with Crippen molar-refractivity contribution in [1.29, 1.82) is 0 Å². The van der Waals surface area contributed by atoms with Gasteiger partial charge >= 0.3 is 0 Å². The van der Waals surface area contributed by atoms with E-state index in [4.69, 9.17) is 4.74 Å². The molecule has 0 spiro atoms. The van der Waals surface area contributed by atoms with Crippen LogP contribution < -0.4 is 4.74 Å². The molecule has 0 atom stereocenters. The molecule has 0 radical (unpaired) electrons. The second kappa shape index (κ2) is 5.48. The van der Waals surface area contributed by atoms with E-state index in [9.17, 15) is 8.78 Å². The van der Waals surface area contributed by atoms with Gasteiger partial charge < -0.3 is 9.30 Å². The highest BCUT2D eigenvalue weighted by Crippen LogP contribution is 2.38. The van der Waals surface area contributed by atoms with Crippen molar-refractivity contribution in [3.63, 3.8) is 0 Å². The number of aryl methyl sites for hydroxylation is 1. The van der Waals surface area contributed by atoms with Gasteiger partial charge in [0.15, 0.2) is 21.9 Å². The highest BCUT2D eigenvalue weighted by molar-refractivity contribution is 9.10. The molecule has 10 heteroatoms. The second-order valence-corrected chi connectivity index (χ2v) is 5.68. The van der Waals surface area contributed by atoms with Crippen molar-refractivity contribution in [3.05, 3.63) is 41.3 Å². The Morgan fingerprint density at radius 2 is 2.04 bits per heavy atom. The lowest BCUT2D eigenvalue weighted by atomic mass is 10.2. The molecule has 0 aliphatic rings. The molecule has 0 saturated heterocycles. The predicted molar refractivity (Wildman–Crippen MR) is 84.2 cm³/mol. The number of hydrogen-bond acceptors (Lipinski definition) is 5. The number of hydrogen-bond donors (Lipinski definition) is 0. The number of ether oxygens (including phenoxy) is 1. The van der Waals surface area contributed by atoms with Crippen molar-refractivity contribution >= 4 is 32.6 Å². The zero-order valence-corrected chi connectivity index (χ0v) is 13.8. The highest BCUT2D eigenvalue weighted by atomic mass is 79.9. The number of nitrogens with zero attached hydrogens (tertiary/aromatic N) is 6. The molecule has 0 fully saturated rings. The van der Waals surface area contributed by atoms with Crippen LogP contribution in [0.5, 0.6) is 11.5 Å². The van der Waals surface area contributed by atoms with Gasteiger partial charge in [0.2, 0.25) is 0 Å². The predicted octanol–water partition coefficient (Wildman–Crippen LogP) is 3.50. The molecule has 0 aromatic carbocycles. The summed E-state index contributed by atoms with van der Waals surface area (Å²) in [6.07, 6.45) is 4.66. The molecule has 122 valence electrons. The minimum atomic E-state index is -2.76. The lowest BCUT2D eigenvalue weighted by Crippen LogP contribution is -1.99. The number of halogens is 3. The quantitative estimate of drug-likeness (QED) is 0.531. The average Bonchev–Trinajstić information content (AvgIpc) is 3.10. The normalized spacial score (nSPS) is 11.7. The third-order valence-corrected chi connectivity index (χ3v) is 4.28. The van der Waals surface area contributed by atoms with Crippen LogP contribution in [0.1, 0.15) is 12.0 Å². The van der Waals surface area contributed by atoms with Gasteiger partial charge in [-0.2, -0.15) is 5.10 Å². The molecule has 0 aliphatic heterocycles. The summed E-state index contributed by atoms with van der Waals surface area (Å²) in [4.78, 5) is 12.2. The summed E-state index contributed by atoms with van der Waals surface area (Å²) < 4.78 is 36.5. The molecule has 4 heterocycles. The van der Waals surface area contributed by atoms with Gasteiger partial charge in [0, 0.05) is 19.4 Å². The molecule has 0 unspecified atom stereocenters. The van der Waals surface area contributed by atoms with Crippen molar-refractivity contribution in [3.8, 4) is 11.5 Å². The van der Waals surface area contributed by atoms with Crippen LogP contribution in [-0.4, -0.2) is 29.1 Å². The van der Waals surface area contributed by atoms with E-state index in [1.165, 1.54) is 27.7 Å². The molecular weight excluding hydrogens is 386 g/mol. The third kappa shape index (κ3) is 2.21. The molecule has 0 bridgehead atoms. The van der Waals surface area contributed by atoms with Gasteiger partial charge in [0.1, 0.15) is 11.0 Å². The summed E-state index contributed by atoms with van der Waals surface area (Å²) in [6, 6.07) is 0. The summed E-state index contributed by atoms with van der Waals surface area (Å²) in [5, 5.41) is 4.09. The standard InChI is InChI=1S/C14H9BrF2N6O/c1-22-11-10(12(16)17)9(5-19-13(11)21-14(22)15)24-8-6-20-23-3-2-18-4-7(8)23/h2-6,12H,1H3. The van der Waals surface area contributed by atoms with Gasteiger partial charge in [0.05, 0.1) is 24.2 Å². The second-order valence-electron chi connectivity index (χ2n) is 4.97. The Bertz CT molecular complexity index is 1060. The fraction of sp³-hybridized carbons (Fsp3) is 0.143. The van der Waals surface area contributed by atoms with Gasteiger partial charge in [-0.25, -0.2) is 23.3 Å². The smallest absolute Gasteiger partial charge is 0.269 e. The maximum absolute atomic E-state index is 13.7. The Kier molecular flexibility index (Phi) is 3.41. The van der Waals surface area contributed by atoms with Crippen molar-refractivity contribution < 1.29 is 13.5 Å². The first kappa shape index (κ1) is 14.9. The van der Waals surface area contributed by atoms with Crippen molar-refractivity contribution in [2.24, 2.45) is 7.05 Å². The number of aromatic nitrogens is 6. The molecule has 7 nitrogen and oxygen atoms in total. The summed E-state index contributed by atoms with van der Waals surface area (Å²) in [5.74, 6) is 0.263. The van der Waals surface area contributed by atoms with E-state index in [1.54, 1.807) is 19.4 Å². The van der Waals surface area contributed by atoms with Gasteiger partial charge in [0.25, 0.3) is 6.43 Å². The van der Waals surface area contributed by atoms with Gasteiger partial charge in [-0.1, -0.05) is 0 Å². The van der Waals surface area contributed by atoms with Gasteiger partial charge in [-0.05, 0) is 15.9 Å². The summed E-state index contributed by atoms with van der Waals surface area (Å²) in [5.41, 5.74) is 0.713. The Labute approximate surface area is 142 Å². The minimum absolute atomic E-state index is 0.0493. The van der Waals surface area contributed by atoms with Crippen molar-refractivity contribution in [2.75, 3.05) is 0 Å².